The molecule has 0 aliphatic rings. The second-order valence-electron chi connectivity index (χ2n) is 6.54. The van der Waals surface area contributed by atoms with Gasteiger partial charge in [0.15, 0.2) is 0 Å². The van der Waals surface area contributed by atoms with Crippen LogP contribution < -0.4 is 18.1 Å². The second kappa shape index (κ2) is 8.22. The Morgan fingerprint density at radius 2 is 0.704 bits per heavy atom. The molecule has 0 spiro atoms. The van der Waals surface area contributed by atoms with Crippen LogP contribution in [0.3, 0.4) is 0 Å². The van der Waals surface area contributed by atoms with Gasteiger partial charge in [0, 0.05) is 0 Å². The quantitative estimate of drug-likeness (QED) is 0.531. The molecular weight excluding hydrogens is 350 g/mol. The first-order valence-corrected chi connectivity index (χ1v) is 8.91. The maximum absolute atomic E-state index is 4.06. The third kappa shape index (κ3) is 3.40. The van der Waals surface area contributed by atoms with Crippen LogP contribution in [0.2, 0.25) is 0 Å². The van der Waals surface area contributed by atoms with Gasteiger partial charge in [-0.15, -0.1) is 0 Å². The van der Waals surface area contributed by atoms with E-state index in [2.05, 4.69) is 121 Å². The normalized spacial score (nSPS) is 10.9. The Morgan fingerprint density at radius 1 is 0.407 bits per heavy atom. The molecule has 0 aliphatic heterocycles. The summed E-state index contributed by atoms with van der Waals surface area (Å²) in [7, 11) is 0. The molecule has 0 radical (unpaired) electrons. The van der Waals surface area contributed by atoms with Gasteiger partial charge in [0.2, 0.25) is 0 Å². The summed E-state index contributed by atoms with van der Waals surface area (Å²) < 4.78 is 0. The predicted octanol–water partition coefficient (Wildman–Crippen LogP) is 1.95. The van der Waals surface area contributed by atoms with Crippen LogP contribution in [0.25, 0.3) is 0 Å². The Kier molecular flexibility index (Phi) is 5.75. The number of rotatable bonds is 4. The van der Waals surface area contributed by atoms with Gasteiger partial charge >= 0.3 is 0 Å². The van der Waals surface area contributed by atoms with E-state index < -0.39 is 0 Å². The number of halogens is 1. The van der Waals surface area contributed by atoms with E-state index in [9.17, 15) is 0 Å². The minimum atomic E-state index is -0.364. The van der Waals surface area contributed by atoms with E-state index in [4.69, 9.17) is 0 Å². The summed E-state index contributed by atoms with van der Waals surface area (Å²) in [4.78, 5) is 0. The lowest BCUT2D eigenvalue weighted by atomic mass is 9.65. The van der Waals surface area contributed by atoms with E-state index in [1.54, 1.807) is 0 Å². The van der Waals surface area contributed by atoms with Crippen LogP contribution in [0, 0.1) is 0 Å². The molecule has 2 heteroatoms. The molecule has 134 valence electrons. The molecule has 0 unspecified atom stereocenters. The maximum atomic E-state index is 4.06. The van der Waals surface area contributed by atoms with Crippen molar-refractivity contribution in [2.45, 2.75) is 5.41 Å². The van der Waals surface area contributed by atoms with Crippen molar-refractivity contribution in [1.29, 1.82) is 0 Å². The molecule has 0 atom stereocenters. The predicted molar refractivity (Wildman–Crippen MR) is 107 cm³/mol. The summed E-state index contributed by atoms with van der Waals surface area (Å²) in [5.41, 5.74) is 9.74. The van der Waals surface area contributed by atoms with Crippen molar-refractivity contribution in [3.8, 4) is 0 Å². The van der Waals surface area contributed by atoms with Gasteiger partial charge in [0.1, 0.15) is 5.69 Å². The lowest BCUT2D eigenvalue weighted by Crippen LogP contribution is -3.00. The molecule has 0 saturated carbocycles. The van der Waals surface area contributed by atoms with Gasteiger partial charge in [0.25, 0.3) is 0 Å². The summed E-state index contributed by atoms with van der Waals surface area (Å²) in [6.07, 6.45) is 0. The van der Waals surface area contributed by atoms with E-state index in [0.717, 1.165) is 5.69 Å². The van der Waals surface area contributed by atoms with Gasteiger partial charge in [-0.05, 0) is 34.4 Å². The van der Waals surface area contributed by atoms with Gasteiger partial charge in [-0.2, -0.15) is 0 Å². The van der Waals surface area contributed by atoms with E-state index >= 15 is 0 Å². The molecule has 0 bridgehead atoms. The molecule has 1 nitrogen and oxygen atoms in total. The molecule has 4 aromatic carbocycles. The number of hydrogen-bond acceptors (Lipinski definition) is 0. The van der Waals surface area contributed by atoms with E-state index in [1.807, 2.05) is 0 Å². The number of benzene rings is 4. The second-order valence-corrected chi connectivity index (χ2v) is 6.54. The Balaban J connectivity index is 0.00000210. The zero-order chi connectivity index (χ0) is 17.8. The molecule has 0 aliphatic carbocycles. The molecule has 4 aromatic rings. The third-order valence-electron chi connectivity index (χ3n) is 5.01. The lowest BCUT2D eigenvalue weighted by Gasteiger charge is -2.36. The van der Waals surface area contributed by atoms with Crippen molar-refractivity contribution >= 4 is 5.69 Å². The van der Waals surface area contributed by atoms with Crippen LogP contribution in [0.5, 0.6) is 0 Å². The highest BCUT2D eigenvalue weighted by Gasteiger charge is 2.37. The molecule has 27 heavy (non-hydrogen) atoms. The zero-order valence-electron chi connectivity index (χ0n) is 15.1. The van der Waals surface area contributed by atoms with Crippen molar-refractivity contribution < 1.29 is 18.1 Å². The van der Waals surface area contributed by atoms with Crippen LogP contribution in [0.15, 0.2) is 115 Å². The highest BCUT2D eigenvalue weighted by Crippen LogP contribution is 2.44. The highest BCUT2D eigenvalue weighted by atomic mass is 35.5. The van der Waals surface area contributed by atoms with Gasteiger partial charge in [-0.3, -0.25) is 0 Å². The smallest absolute Gasteiger partial charge is 0.127 e. The average Bonchev–Trinajstić information content (AvgIpc) is 2.72. The molecule has 3 N–H and O–H groups in total. The van der Waals surface area contributed by atoms with Crippen molar-refractivity contribution in [2.24, 2.45) is 0 Å². The third-order valence-corrected chi connectivity index (χ3v) is 5.01. The Labute approximate surface area is 166 Å². The van der Waals surface area contributed by atoms with Crippen LogP contribution in [0.4, 0.5) is 5.69 Å². The highest BCUT2D eigenvalue weighted by molar-refractivity contribution is 5.60. The van der Waals surface area contributed by atoms with Crippen molar-refractivity contribution in [3.05, 3.63) is 138 Å². The summed E-state index contributed by atoms with van der Waals surface area (Å²) >= 11 is 0. The molecule has 0 saturated heterocycles. The van der Waals surface area contributed by atoms with Crippen LogP contribution in [-0.2, 0) is 5.41 Å². The van der Waals surface area contributed by atoms with E-state index in [-0.39, 0.29) is 17.8 Å². The lowest BCUT2D eigenvalue weighted by molar-refractivity contribution is -0.254. The van der Waals surface area contributed by atoms with Crippen molar-refractivity contribution in [3.63, 3.8) is 0 Å². The summed E-state index contributed by atoms with van der Waals surface area (Å²) in [5, 5.41) is 0. The Morgan fingerprint density at radius 3 is 1.04 bits per heavy atom. The first-order chi connectivity index (χ1) is 12.8. The molecular formula is C25H22ClN. The van der Waals surface area contributed by atoms with Crippen molar-refractivity contribution in [1.82, 2.24) is 0 Å². The first-order valence-electron chi connectivity index (χ1n) is 8.91. The largest absolute Gasteiger partial charge is 1.00 e. The molecule has 0 amide bonds. The van der Waals surface area contributed by atoms with Gasteiger partial charge in [-0.25, -0.2) is 0 Å². The molecule has 4 rings (SSSR count). The first kappa shape index (κ1) is 18.9. The Bertz CT molecular complexity index is 868. The van der Waals surface area contributed by atoms with E-state index in [0.29, 0.717) is 0 Å². The topological polar surface area (TPSA) is 27.6 Å². The molecule has 0 fully saturated rings. The van der Waals surface area contributed by atoms with Crippen molar-refractivity contribution in [2.75, 3.05) is 0 Å². The van der Waals surface area contributed by atoms with Gasteiger partial charge < -0.3 is 18.1 Å². The monoisotopic (exact) mass is 371 g/mol. The fourth-order valence-electron chi connectivity index (χ4n) is 3.82. The van der Waals surface area contributed by atoms with Gasteiger partial charge in [0.05, 0.1) is 5.41 Å². The fraction of sp³-hybridized carbons (Fsp3) is 0.0400. The summed E-state index contributed by atoms with van der Waals surface area (Å²) in [5.74, 6) is 0. The SMILES string of the molecule is [Cl-].[NH3+]c1ccc(C(c2ccccc2)(c2ccccc2)c2ccccc2)cc1. The van der Waals surface area contributed by atoms with Gasteiger partial charge in [-0.1, -0.05) is 103 Å². The zero-order valence-corrected chi connectivity index (χ0v) is 15.8. The summed E-state index contributed by atoms with van der Waals surface area (Å²) in [6, 6.07) is 40.8. The van der Waals surface area contributed by atoms with Crippen LogP contribution in [-0.4, -0.2) is 0 Å². The number of hydrogen-bond donors (Lipinski definition) is 1. The average molecular weight is 372 g/mol. The van der Waals surface area contributed by atoms with E-state index in [1.165, 1.54) is 22.3 Å². The maximum Gasteiger partial charge on any atom is 0.127 e. The number of quaternary nitrogens is 1. The Hall–Kier alpha value is -2.87. The minimum absolute atomic E-state index is 0. The van der Waals surface area contributed by atoms with Crippen LogP contribution in [0.1, 0.15) is 22.3 Å². The minimum Gasteiger partial charge on any atom is -1.00 e. The summed E-state index contributed by atoms with van der Waals surface area (Å²) in [6.45, 7) is 0. The fourth-order valence-corrected chi connectivity index (χ4v) is 3.82. The molecule has 0 aromatic heterocycles. The van der Waals surface area contributed by atoms with Crippen LogP contribution >= 0.6 is 0 Å². The standard InChI is InChI=1S/C25H21N.ClH/c26-24-18-16-23(17-19-24)25(20-10-4-1-5-11-20,21-12-6-2-7-13-21)22-14-8-3-9-15-22;/h1-19H,26H2;1H. The molecule has 0 heterocycles.